The molecule has 0 bridgehead atoms. The summed E-state index contributed by atoms with van der Waals surface area (Å²) in [4.78, 5) is 25.5. The Morgan fingerprint density at radius 1 is 0.926 bits per heavy atom. The maximum absolute atomic E-state index is 12.7. The molecule has 2 aromatic carbocycles. The molecule has 0 radical (unpaired) electrons. The van der Waals surface area contributed by atoms with E-state index in [0.29, 0.717) is 5.02 Å². The molecule has 3 rings (SSSR count). The van der Waals surface area contributed by atoms with Gasteiger partial charge in [0.15, 0.2) is 0 Å². The average molecular weight is 409 g/mol. The van der Waals surface area contributed by atoms with E-state index in [0.717, 1.165) is 0 Å². The Balaban J connectivity index is 1.74. The number of hydrogen-bond donors (Lipinski definition) is 1. The highest BCUT2D eigenvalue weighted by molar-refractivity contribution is 7.89. The number of piperazine rings is 1. The van der Waals surface area contributed by atoms with Gasteiger partial charge in [0, 0.05) is 31.2 Å². The standard InChI is InChI=1S/C18H17ClN2O5S/c19-13-4-3-5-14(12-13)27(25,26)21-10-8-20(9-11-21)17(22)15-6-1-2-7-16(15)18(23)24/h1-7,12H,8-11H2,(H,23,24). The van der Waals surface area contributed by atoms with Crippen molar-refractivity contribution in [1.29, 1.82) is 0 Å². The topological polar surface area (TPSA) is 95.0 Å². The molecule has 0 aliphatic carbocycles. The Bertz CT molecular complexity index is 985. The fraction of sp³-hybridized carbons (Fsp3) is 0.222. The van der Waals surface area contributed by atoms with Crippen LogP contribution in [0.4, 0.5) is 0 Å². The SMILES string of the molecule is O=C(O)c1ccccc1C(=O)N1CCN(S(=O)(=O)c2cccc(Cl)c2)CC1. The summed E-state index contributed by atoms with van der Waals surface area (Å²) in [5.41, 5.74) is 0.0210. The number of carboxylic acid groups (broad SMARTS) is 1. The van der Waals surface area contributed by atoms with Gasteiger partial charge in [0.1, 0.15) is 0 Å². The summed E-state index contributed by atoms with van der Waals surface area (Å²) in [6.07, 6.45) is 0. The van der Waals surface area contributed by atoms with Crippen LogP contribution in [0, 0.1) is 0 Å². The molecule has 1 N–H and O–H groups in total. The number of halogens is 1. The van der Waals surface area contributed by atoms with E-state index < -0.39 is 21.9 Å². The third kappa shape index (κ3) is 3.97. The number of carbonyl (C=O) groups excluding carboxylic acids is 1. The van der Waals surface area contributed by atoms with Crippen LogP contribution in [0.5, 0.6) is 0 Å². The van der Waals surface area contributed by atoms with Gasteiger partial charge >= 0.3 is 5.97 Å². The van der Waals surface area contributed by atoms with Gasteiger partial charge in [0.2, 0.25) is 10.0 Å². The molecule has 1 saturated heterocycles. The molecule has 9 heteroatoms. The Kier molecular flexibility index (Phi) is 5.50. The molecule has 1 heterocycles. The Morgan fingerprint density at radius 3 is 2.15 bits per heavy atom. The Morgan fingerprint density at radius 2 is 1.56 bits per heavy atom. The van der Waals surface area contributed by atoms with Gasteiger partial charge in [-0.25, -0.2) is 13.2 Å². The molecule has 0 atom stereocenters. The van der Waals surface area contributed by atoms with Crippen LogP contribution in [0.25, 0.3) is 0 Å². The van der Waals surface area contributed by atoms with Crippen molar-refractivity contribution in [2.45, 2.75) is 4.90 Å². The van der Waals surface area contributed by atoms with Crippen molar-refractivity contribution in [3.05, 3.63) is 64.7 Å². The van der Waals surface area contributed by atoms with Crippen LogP contribution in [-0.4, -0.2) is 60.8 Å². The van der Waals surface area contributed by atoms with E-state index in [2.05, 4.69) is 0 Å². The number of aromatic carboxylic acids is 1. The van der Waals surface area contributed by atoms with Crippen LogP contribution < -0.4 is 0 Å². The number of benzene rings is 2. The highest BCUT2D eigenvalue weighted by Crippen LogP contribution is 2.22. The second-order valence-corrected chi connectivity index (χ2v) is 8.38. The fourth-order valence-electron chi connectivity index (χ4n) is 2.93. The zero-order valence-corrected chi connectivity index (χ0v) is 15.8. The quantitative estimate of drug-likeness (QED) is 0.836. The van der Waals surface area contributed by atoms with Gasteiger partial charge in [0.25, 0.3) is 5.91 Å². The fourth-order valence-corrected chi connectivity index (χ4v) is 4.66. The van der Waals surface area contributed by atoms with Crippen LogP contribution in [0.3, 0.4) is 0 Å². The smallest absolute Gasteiger partial charge is 0.336 e. The minimum absolute atomic E-state index is 0.0727. The summed E-state index contributed by atoms with van der Waals surface area (Å²) in [5, 5.41) is 9.57. The number of carboxylic acids is 1. The van der Waals surface area contributed by atoms with E-state index in [1.807, 2.05) is 0 Å². The Labute approximate surface area is 161 Å². The zero-order chi connectivity index (χ0) is 19.6. The van der Waals surface area contributed by atoms with Gasteiger partial charge < -0.3 is 10.0 Å². The third-order valence-electron chi connectivity index (χ3n) is 4.35. The molecule has 0 unspecified atom stereocenters. The molecule has 0 spiro atoms. The Hall–Kier alpha value is -2.42. The molecule has 2 aromatic rings. The van der Waals surface area contributed by atoms with Crippen molar-refractivity contribution >= 4 is 33.5 Å². The van der Waals surface area contributed by atoms with Crippen molar-refractivity contribution in [1.82, 2.24) is 9.21 Å². The van der Waals surface area contributed by atoms with Crippen molar-refractivity contribution in [2.24, 2.45) is 0 Å². The second-order valence-electron chi connectivity index (χ2n) is 6.00. The largest absolute Gasteiger partial charge is 0.478 e. The van der Waals surface area contributed by atoms with E-state index in [1.54, 1.807) is 24.3 Å². The predicted octanol–water partition coefficient (Wildman–Crippen LogP) is 2.18. The maximum Gasteiger partial charge on any atom is 0.336 e. The van der Waals surface area contributed by atoms with Crippen molar-refractivity contribution in [2.75, 3.05) is 26.2 Å². The summed E-state index contributed by atoms with van der Waals surface area (Å²) < 4.78 is 26.7. The van der Waals surface area contributed by atoms with Crippen LogP contribution in [0.15, 0.2) is 53.4 Å². The lowest BCUT2D eigenvalue weighted by Crippen LogP contribution is -2.50. The number of rotatable bonds is 4. The zero-order valence-electron chi connectivity index (χ0n) is 14.2. The lowest BCUT2D eigenvalue weighted by atomic mass is 10.1. The number of sulfonamides is 1. The molecule has 1 aliphatic heterocycles. The molecule has 7 nitrogen and oxygen atoms in total. The van der Waals surface area contributed by atoms with E-state index >= 15 is 0 Å². The minimum atomic E-state index is -3.70. The minimum Gasteiger partial charge on any atom is -0.478 e. The van der Waals surface area contributed by atoms with Crippen molar-refractivity contribution < 1.29 is 23.1 Å². The molecular weight excluding hydrogens is 392 g/mol. The third-order valence-corrected chi connectivity index (χ3v) is 6.48. The van der Waals surface area contributed by atoms with Gasteiger partial charge in [-0.3, -0.25) is 4.79 Å². The number of carbonyl (C=O) groups is 2. The van der Waals surface area contributed by atoms with Crippen LogP contribution in [0.2, 0.25) is 5.02 Å². The first-order valence-corrected chi connectivity index (χ1v) is 10.00. The van der Waals surface area contributed by atoms with Crippen LogP contribution in [-0.2, 0) is 10.0 Å². The normalized spacial score (nSPS) is 15.5. The molecule has 142 valence electrons. The molecule has 1 aliphatic rings. The molecular formula is C18H17ClN2O5S. The molecule has 0 aromatic heterocycles. The number of amides is 1. The van der Waals surface area contributed by atoms with Crippen LogP contribution in [0.1, 0.15) is 20.7 Å². The summed E-state index contributed by atoms with van der Waals surface area (Å²) >= 11 is 5.88. The summed E-state index contributed by atoms with van der Waals surface area (Å²) in [5.74, 6) is -1.60. The molecule has 0 saturated carbocycles. The van der Waals surface area contributed by atoms with Gasteiger partial charge in [-0.2, -0.15) is 4.31 Å². The van der Waals surface area contributed by atoms with Crippen molar-refractivity contribution in [3.8, 4) is 0 Å². The van der Waals surface area contributed by atoms with E-state index in [4.69, 9.17) is 11.6 Å². The number of hydrogen-bond acceptors (Lipinski definition) is 4. The van der Waals surface area contributed by atoms with Crippen LogP contribution >= 0.6 is 11.6 Å². The molecule has 1 amide bonds. The monoisotopic (exact) mass is 408 g/mol. The lowest BCUT2D eigenvalue weighted by molar-refractivity contribution is 0.0656. The first-order chi connectivity index (χ1) is 12.8. The first kappa shape index (κ1) is 19.3. The van der Waals surface area contributed by atoms with E-state index in [1.165, 1.54) is 33.5 Å². The molecule has 1 fully saturated rings. The van der Waals surface area contributed by atoms with E-state index in [-0.39, 0.29) is 42.2 Å². The van der Waals surface area contributed by atoms with E-state index in [9.17, 15) is 23.1 Å². The highest BCUT2D eigenvalue weighted by Gasteiger charge is 2.31. The van der Waals surface area contributed by atoms with Gasteiger partial charge in [0.05, 0.1) is 16.0 Å². The average Bonchev–Trinajstić information content (AvgIpc) is 2.67. The lowest BCUT2D eigenvalue weighted by Gasteiger charge is -2.34. The second kappa shape index (κ2) is 7.67. The summed E-state index contributed by atoms with van der Waals surface area (Å²) in [7, 11) is -3.70. The number of nitrogens with zero attached hydrogens (tertiary/aromatic N) is 2. The van der Waals surface area contributed by atoms with Gasteiger partial charge in [-0.1, -0.05) is 29.8 Å². The van der Waals surface area contributed by atoms with Gasteiger partial charge in [-0.15, -0.1) is 0 Å². The predicted molar refractivity (Wildman–Crippen MR) is 99.5 cm³/mol. The molecule has 27 heavy (non-hydrogen) atoms. The summed E-state index contributed by atoms with van der Waals surface area (Å²) in [6, 6.07) is 12.0. The first-order valence-electron chi connectivity index (χ1n) is 8.18. The van der Waals surface area contributed by atoms with Gasteiger partial charge in [-0.05, 0) is 30.3 Å². The van der Waals surface area contributed by atoms with Crippen molar-refractivity contribution in [3.63, 3.8) is 0 Å². The highest BCUT2D eigenvalue weighted by atomic mass is 35.5. The maximum atomic E-state index is 12.7. The summed E-state index contributed by atoms with van der Waals surface area (Å²) in [6.45, 7) is 0.588.